The Balaban J connectivity index is 1.80. The topological polar surface area (TPSA) is 55.1 Å². The maximum absolute atomic E-state index is 12.4. The number of para-hydroxylation sites is 1. The first kappa shape index (κ1) is 14.5. The van der Waals surface area contributed by atoms with E-state index in [0.29, 0.717) is 5.69 Å². The quantitative estimate of drug-likeness (QED) is 0.791. The van der Waals surface area contributed by atoms with Crippen LogP contribution in [0.1, 0.15) is 12.0 Å². The molecule has 0 bridgehead atoms. The maximum atomic E-state index is 12.4. The van der Waals surface area contributed by atoms with E-state index in [4.69, 9.17) is 5.73 Å². The van der Waals surface area contributed by atoms with Gasteiger partial charge in [0.2, 0.25) is 5.91 Å². The molecule has 1 amide bonds. The number of nitrogens with one attached hydrogen (secondary N) is 1. The van der Waals surface area contributed by atoms with E-state index in [0.717, 1.165) is 27.9 Å². The zero-order valence-corrected chi connectivity index (χ0v) is 13.7. The lowest BCUT2D eigenvalue weighted by Gasteiger charge is -2.14. The predicted molar refractivity (Wildman–Crippen MR) is 91.6 cm³/mol. The van der Waals surface area contributed by atoms with Crippen LogP contribution in [0.4, 0.5) is 11.4 Å². The summed E-state index contributed by atoms with van der Waals surface area (Å²) in [6.45, 7) is 0. The van der Waals surface area contributed by atoms with Crippen molar-refractivity contribution in [1.29, 1.82) is 0 Å². The Bertz CT molecular complexity index is 690. The molecule has 3 nitrogen and oxygen atoms in total. The summed E-state index contributed by atoms with van der Waals surface area (Å²) in [5, 5.41) is 2.89. The number of aryl methyl sites for hydroxylation is 1. The highest BCUT2D eigenvalue weighted by Crippen LogP contribution is 2.35. The summed E-state index contributed by atoms with van der Waals surface area (Å²) >= 11 is 4.93. The summed E-state index contributed by atoms with van der Waals surface area (Å²) in [4.78, 5) is 13.3. The highest BCUT2D eigenvalue weighted by molar-refractivity contribution is 9.10. The minimum absolute atomic E-state index is 0.0484. The molecule has 0 radical (unpaired) electrons. The Morgan fingerprint density at radius 2 is 2.05 bits per heavy atom. The van der Waals surface area contributed by atoms with Crippen LogP contribution < -0.4 is 11.1 Å². The van der Waals surface area contributed by atoms with Crippen LogP contribution in [0.25, 0.3) is 0 Å². The van der Waals surface area contributed by atoms with Gasteiger partial charge in [-0.1, -0.05) is 34.1 Å². The van der Waals surface area contributed by atoms with Gasteiger partial charge in [0.25, 0.3) is 0 Å². The molecule has 0 fully saturated rings. The van der Waals surface area contributed by atoms with Gasteiger partial charge in [0.15, 0.2) is 0 Å². The monoisotopic (exact) mass is 362 g/mol. The van der Waals surface area contributed by atoms with Crippen LogP contribution in [0.3, 0.4) is 0 Å². The molecule has 2 aromatic rings. The fraction of sp³-hybridized carbons (Fsp3) is 0.188. The number of nitrogens with two attached hydrogens (primary N) is 1. The van der Waals surface area contributed by atoms with Crippen molar-refractivity contribution < 1.29 is 4.79 Å². The minimum atomic E-state index is -0.124. The predicted octanol–water partition coefficient (Wildman–Crippen LogP) is 4.08. The molecular weight excluding hydrogens is 348 g/mol. The SMILES string of the molecule is Nc1cc(Br)ccc1SC1CCc2ccccc2NC1=O. The van der Waals surface area contributed by atoms with E-state index in [2.05, 4.69) is 27.3 Å². The summed E-state index contributed by atoms with van der Waals surface area (Å²) in [7, 11) is 0. The second-order valence-electron chi connectivity index (χ2n) is 4.97. The van der Waals surface area contributed by atoms with E-state index in [1.807, 2.05) is 36.4 Å². The van der Waals surface area contributed by atoms with Crippen molar-refractivity contribution in [2.24, 2.45) is 0 Å². The molecule has 21 heavy (non-hydrogen) atoms. The van der Waals surface area contributed by atoms with Crippen molar-refractivity contribution in [2.75, 3.05) is 11.1 Å². The fourth-order valence-electron chi connectivity index (χ4n) is 2.38. The average molecular weight is 363 g/mol. The zero-order chi connectivity index (χ0) is 14.8. The van der Waals surface area contributed by atoms with E-state index >= 15 is 0 Å². The Morgan fingerprint density at radius 3 is 2.86 bits per heavy atom. The summed E-state index contributed by atoms with van der Waals surface area (Å²) in [6, 6.07) is 13.7. The van der Waals surface area contributed by atoms with Crippen LogP contribution in [0.5, 0.6) is 0 Å². The number of anilines is 2. The molecule has 0 saturated carbocycles. The van der Waals surface area contributed by atoms with E-state index in [1.165, 1.54) is 17.3 Å². The van der Waals surface area contributed by atoms with Crippen molar-refractivity contribution in [2.45, 2.75) is 23.0 Å². The number of amides is 1. The second-order valence-corrected chi connectivity index (χ2v) is 7.13. The van der Waals surface area contributed by atoms with Crippen molar-refractivity contribution in [3.8, 4) is 0 Å². The smallest absolute Gasteiger partial charge is 0.237 e. The van der Waals surface area contributed by atoms with E-state index in [9.17, 15) is 4.79 Å². The van der Waals surface area contributed by atoms with E-state index in [1.54, 1.807) is 0 Å². The van der Waals surface area contributed by atoms with Gasteiger partial charge in [-0.3, -0.25) is 4.79 Å². The number of rotatable bonds is 2. The second kappa shape index (κ2) is 6.12. The summed E-state index contributed by atoms with van der Waals surface area (Å²) < 4.78 is 0.946. The molecule has 5 heteroatoms. The number of nitrogen functional groups attached to an aromatic ring is 1. The molecule has 3 N–H and O–H groups in total. The lowest BCUT2D eigenvalue weighted by molar-refractivity contribution is -0.115. The molecule has 0 spiro atoms. The third-order valence-corrected chi connectivity index (χ3v) is 5.34. The number of carbonyl (C=O) groups is 1. The Labute approximate surface area is 136 Å². The van der Waals surface area contributed by atoms with Gasteiger partial charge in [-0.25, -0.2) is 0 Å². The lowest BCUT2D eigenvalue weighted by Crippen LogP contribution is -2.23. The van der Waals surface area contributed by atoms with Crippen LogP contribution in [0.15, 0.2) is 51.8 Å². The molecule has 1 aliphatic rings. The molecule has 108 valence electrons. The number of benzene rings is 2. The van der Waals surface area contributed by atoms with Gasteiger partial charge in [0.1, 0.15) is 0 Å². The fourth-order valence-corrected chi connectivity index (χ4v) is 3.81. The molecule has 3 rings (SSSR count). The standard InChI is InChI=1S/C16H15BrN2OS/c17-11-6-8-14(12(18)9-11)21-15-7-5-10-3-1-2-4-13(10)19-16(15)20/h1-4,6,8-9,15H,5,7,18H2,(H,19,20). The largest absolute Gasteiger partial charge is 0.398 e. The van der Waals surface area contributed by atoms with Crippen LogP contribution >= 0.6 is 27.7 Å². The van der Waals surface area contributed by atoms with Gasteiger partial charge in [-0.05, 0) is 42.7 Å². The number of hydrogen-bond donors (Lipinski definition) is 2. The minimum Gasteiger partial charge on any atom is -0.398 e. The molecular formula is C16H15BrN2OS. The van der Waals surface area contributed by atoms with Gasteiger partial charge in [0, 0.05) is 20.7 Å². The first-order valence-corrected chi connectivity index (χ1v) is 8.41. The van der Waals surface area contributed by atoms with Crippen LogP contribution in [0.2, 0.25) is 0 Å². The van der Waals surface area contributed by atoms with Gasteiger partial charge in [-0.2, -0.15) is 0 Å². The Morgan fingerprint density at radius 1 is 1.24 bits per heavy atom. The third-order valence-electron chi connectivity index (χ3n) is 3.48. The number of thioether (sulfide) groups is 1. The summed E-state index contributed by atoms with van der Waals surface area (Å²) in [5.41, 5.74) is 8.84. The normalized spacial score (nSPS) is 17.8. The van der Waals surface area contributed by atoms with Gasteiger partial charge in [-0.15, -0.1) is 11.8 Å². The van der Waals surface area contributed by atoms with Gasteiger partial charge in [0.05, 0.1) is 5.25 Å². The number of halogens is 1. The van der Waals surface area contributed by atoms with Crippen molar-refractivity contribution in [1.82, 2.24) is 0 Å². The van der Waals surface area contributed by atoms with Crippen molar-refractivity contribution >= 4 is 45.0 Å². The van der Waals surface area contributed by atoms with E-state index < -0.39 is 0 Å². The van der Waals surface area contributed by atoms with Crippen LogP contribution in [-0.4, -0.2) is 11.2 Å². The number of hydrogen-bond acceptors (Lipinski definition) is 3. The molecule has 1 aliphatic heterocycles. The summed E-state index contributed by atoms with van der Waals surface area (Å²) in [5.74, 6) is 0.0484. The first-order valence-electron chi connectivity index (χ1n) is 6.74. The number of fused-ring (bicyclic) bond motifs is 1. The van der Waals surface area contributed by atoms with Crippen molar-refractivity contribution in [3.63, 3.8) is 0 Å². The van der Waals surface area contributed by atoms with Crippen LogP contribution in [-0.2, 0) is 11.2 Å². The first-order chi connectivity index (χ1) is 10.1. The molecule has 0 aromatic heterocycles. The van der Waals surface area contributed by atoms with Gasteiger partial charge < -0.3 is 11.1 Å². The Kier molecular flexibility index (Phi) is 4.22. The molecule has 0 aliphatic carbocycles. The lowest BCUT2D eigenvalue weighted by atomic mass is 10.1. The molecule has 2 aromatic carbocycles. The van der Waals surface area contributed by atoms with E-state index in [-0.39, 0.29) is 11.2 Å². The molecule has 1 unspecified atom stereocenters. The molecule has 1 heterocycles. The summed E-state index contributed by atoms with van der Waals surface area (Å²) in [6.07, 6.45) is 1.70. The average Bonchev–Trinajstić information content (AvgIpc) is 2.61. The highest BCUT2D eigenvalue weighted by atomic mass is 79.9. The zero-order valence-electron chi connectivity index (χ0n) is 11.3. The highest BCUT2D eigenvalue weighted by Gasteiger charge is 2.24. The molecule has 1 atom stereocenters. The van der Waals surface area contributed by atoms with Crippen LogP contribution in [0, 0.1) is 0 Å². The Hall–Kier alpha value is -1.46. The number of carbonyl (C=O) groups excluding carboxylic acids is 1. The maximum Gasteiger partial charge on any atom is 0.237 e. The molecule has 0 saturated heterocycles. The van der Waals surface area contributed by atoms with Gasteiger partial charge >= 0.3 is 0 Å². The van der Waals surface area contributed by atoms with Crippen molar-refractivity contribution in [3.05, 3.63) is 52.5 Å². The third kappa shape index (κ3) is 3.24.